The average molecular weight is 458 g/mol. The number of aromatic nitrogens is 1. The second-order valence-electron chi connectivity index (χ2n) is 7.20. The molecule has 1 N–H and O–H groups in total. The molecule has 8 nitrogen and oxygen atoms in total. The van der Waals surface area contributed by atoms with Gasteiger partial charge in [0.25, 0.3) is 5.91 Å². The largest absolute Gasteiger partial charge is 0.454 e. The molecule has 0 bridgehead atoms. The van der Waals surface area contributed by atoms with E-state index in [9.17, 15) is 13.2 Å². The van der Waals surface area contributed by atoms with Crippen LogP contribution in [0, 0.1) is 0 Å². The number of carbonyl (C=O) groups is 1. The van der Waals surface area contributed by atoms with Crippen molar-refractivity contribution in [3.8, 4) is 22.8 Å². The molecule has 0 saturated carbocycles. The molecule has 0 spiro atoms. The number of nitrogens with zero attached hydrogens (tertiary/aromatic N) is 2. The van der Waals surface area contributed by atoms with Crippen molar-refractivity contribution in [2.45, 2.75) is 17.7 Å². The zero-order valence-electron chi connectivity index (χ0n) is 16.4. The summed E-state index contributed by atoms with van der Waals surface area (Å²) in [5, 5.41) is 5.01. The van der Waals surface area contributed by atoms with Gasteiger partial charge in [0, 0.05) is 29.6 Å². The highest BCUT2D eigenvalue weighted by molar-refractivity contribution is 7.89. The third-order valence-corrected chi connectivity index (χ3v) is 7.84. The van der Waals surface area contributed by atoms with Crippen molar-refractivity contribution in [2.75, 3.05) is 25.2 Å². The maximum atomic E-state index is 12.8. The summed E-state index contributed by atoms with van der Waals surface area (Å²) in [5.41, 5.74) is 1.81. The number of thiazole rings is 1. The molecule has 2 aliphatic rings. The molecule has 2 aromatic carbocycles. The van der Waals surface area contributed by atoms with E-state index < -0.39 is 15.9 Å². The van der Waals surface area contributed by atoms with E-state index in [2.05, 4.69) is 10.3 Å². The lowest BCUT2D eigenvalue weighted by atomic mass is 10.1. The van der Waals surface area contributed by atoms with Crippen molar-refractivity contribution in [1.29, 1.82) is 0 Å². The number of anilines is 1. The number of sulfonamides is 1. The first-order valence-electron chi connectivity index (χ1n) is 9.78. The number of carbonyl (C=O) groups excluding carboxylic acids is 1. The summed E-state index contributed by atoms with van der Waals surface area (Å²) in [7, 11) is -3.59. The molecule has 3 heterocycles. The van der Waals surface area contributed by atoms with Gasteiger partial charge in [0.05, 0.1) is 10.6 Å². The standard InChI is InChI=1S/C21H19N3O5S2/c25-20(15-4-3-5-16(10-15)31(26,27)24-8-1-2-9-24)23-21-22-17(12-30-21)14-6-7-18-19(11-14)29-13-28-18/h3-7,10-12H,1-2,8-9,13H2,(H,22,23,25). The summed E-state index contributed by atoms with van der Waals surface area (Å²) in [6.07, 6.45) is 1.71. The normalized spacial score (nSPS) is 15.9. The first-order chi connectivity index (χ1) is 15.0. The Balaban J connectivity index is 1.33. The fourth-order valence-electron chi connectivity index (χ4n) is 3.56. The first-order valence-corrected chi connectivity index (χ1v) is 12.1. The number of fused-ring (bicyclic) bond motifs is 1. The topological polar surface area (TPSA) is 97.8 Å². The Morgan fingerprint density at radius 1 is 1.06 bits per heavy atom. The summed E-state index contributed by atoms with van der Waals surface area (Å²) in [5.74, 6) is 0.938. The van der Waals surface area contributed by atoms with Crippen molar-refractivity contribution in [3.63, 3.8) is 0 Å². The van der Waals surface area contributed by atoms with Crippen molar-refractivity contribution in [2.24, 2.45) is 0 Å². The molecule has 0 unspecified atom stereocenters. The van der Waals surface area contributed by atoms with Gasteiger partial charge in [0.15, 0.2) is 16.6 Å². The van der Waals surface area contributed by atoms with E-state index in [0.29, 0.717) is 35.4 Å². The van der Waals surface area contributed by atoms with Gasteiger partial charge in [-0.2, -0.15) is 4.31 Å². The predicted octanol–water partition coefficient (Wildman–Crippen LogP) is 3.58. The molecule has 3 aromatic rings. The van der Waals surface area contributed by atoms with Crippen LogP contribution in [0.15, 0.2) is 52.7 Å². The number of rotatable bonds is 5. The lowest BCUT2D eigenvalue weighted by molar-refractivity contribution is 0.102. The highest BCUT2D eigenvalue weighted by atomic mass is 32.2. The quantitative estimate of drug-likeness (QED) is 0.629. The molecule has 0 aliphatic carbocycles. The van der Waals surface area contributed by atoms with Gasteiger partial charge in [0.1, 0.15) is 0 Å². The third-order valence-electron chi connectivity index (χ3n) is 5.19. The van der Waals surface area contributed by atoms with Gasteiger partial charge < -0.3 is 9.47 Å². The summed E-state index contributed by atoms with van der Waals surface area (Å²) >= 11 is 1.29. The summed E-state index contributed by atoms with van der Waals surface area (Å²) in [6.45, 7) is 1.23. The van der Waals surface area contributed by atoms with Crippen molar-refractivity contribution in [1.82, 2.24) is 9.29 Å². The Kier molecular flexibility index (Phi) is 5.12. The second-order valence-corrected chi connectivity index (χ2v) is 10.00. The zero-order chi connectivity index (χ0) is 21.4. The molecular formula is C21H19N3O5S2. The Morgan fingerprint density at radius 2 is 1.87 bits per heavy atom. The van der Waals surface area contributed by atoms with Crippen molar-refractivity contribution < 1.29 is 22.7 Å². The van der Waals surface area contributed by atoms with E-state index >= 15 is 0 Å². The Bertz CT molecular complexity index is 1250. The first kappa shape index (κ1) is 20.0. The molecular weight excluding hydrogens is 438 g/mol. The number of ether oxygens (including phenoxy) is 2. The van der Waals surface area contributed by atoms with Crippen LogP contribution in [0.4, 0.5) is 5.13 Å². The smallest absolute Gasteiger partial charge is 0.257 e. The van der Waals surface area contributed by atoms with Crippen LogP contribution in [-0.4, -0.2) is 43.5 Å². The third kappa shape index (κ3) is 3.89. The maximum Gasteiger partial charge on any atom is 0.257 e. The highest BCUT2D eigenvalue weighted by Gasteiger charge is 2.27. The SMILES string of the molecule is O=C(Nc1nc(-c2ccc3c(c2)OCO3)cs1)c1cccc(S(=O)(=O)N2CCCC2)c1. The van der Waals surface area contributed by atoms with Crippen LogP contribution in [-0.2, 0) is 10.0 Å². The molecule has 1 aromatic heterocycles. The van der Waals surface area contributed by atoms with Crippen molar-refractivity contribution >= 4 is 32.4 Å². The van der Waals surface area contributed by atoms with E-state index in [1.165, 1.54) is 27.8 Å². The predicted molar refractivity (Wildman–Crippen MR) is 116 cm³/mol. The summed E-state index contributed by atoms with van der Waals surface area (Å²) in [6, 6.07) is 11.6. The molecule has 31 heavy (non-hydrogen) atoms. The average Bonchev–Trinajstić information content (AvgIpc) is 3.54. The molecule has 10 heteroatoms. The van der Waals surface area contributed by atoms with Crippen LogP contribution in [0.1, 0.15) is 23.2 Å². The monoisotopic (exact) mass is 457 g/mol. The molecule has 1 saturated heterocycles. The fourth-order valence-corrected chi connectivity index (χ4v) is 5.84. The van der Waals surface area contributed by atoms with Gasteiger partial charge in [-0.25, -0.2) is 13.4 Å². The fraction of sp³-hybridized carbons (Fsp3) is 0.238. The van der Waals surface area contributed by atoms with E-state index in [-0.39, 0.29) is 17.3 Å². The van der Waals surface area contributed by atoms with E-state index in [4.69, 9.17) is 9.47 Å². The lowest BCUT2D eigenvalue weighted by Crippen LogP contribution is -2.28. The minimum Gasteiger partial charge on any atom is -0.454 e. The van der Waals surface area contributed by atoms with Gasteiger partial charge in [0.2, 0.25) is 16.8 Å². The highest BCUT2D eigenvalue weighted by Crippen LogP contribution is 2.36. The number of hydrogen-bond acceptors (Lipinski definition) is 7. The number of amides is 1. The van der Waals surface area contributed by atoms with E-state index in [0.717, 1.165) is 18.4 Å². The number of hydrogen-bond donors (Lipinski definition) is 1. The summed E-state index contributed by atoms with van der Waals surface area (Å²) < 4.78 is 37.7. The Hall–Kier alpha value is -2.95. The summed E-state index contributed by atoms with van der Waals surface area (Å²) in [4.78, 5) is 17.3. The van der Waals surface area contributed by atoms with Gasteiger partial charge in [-0.1, -0.05) is 6.07 Å². The molecule has 1 amide bonds. The molecule has 160 valence electrons. The zero-order valence-corrected chi connectivity index (χ0v) is 18.0. The molecule has 5 rings (SSSR count). The number of benzene rings is 2. The minimum atomic E-state index is -3.59. The van der Waals surface area contributed by atoms with Crippen LogP contribution in [0.5, 0.6) is 11.5 Å². The van der Waals surface area contributed by atoms with Gasteiger partial charge in [-0.05, 0) is 49.2 Å². The maximum absolute atomic E-state index is 12.8. The lowest BCUT2D eigenvalue weighted by Gasteiger charge is -2.15. The minimum absolute atomic E-state index is 0.127. The van der Waals surface area contributed by atoms with Crippen LogP contribution in [0.25, 0.3) is 11.3 Å². The Morgan fingerprint density at radius 3 is 2.71 bits per heavy atom. The van der Waals surface area contributed by atoms with Crippen LogP contribution >= 0.6 is 11.3 Å². The van der Waals surface area contributed by atoms with Gasteiger partial charge in [-0.15, -0.1) is 11.3 Å². The molecule has 0 radical (unpaired) electrons. The van der Waals surface area contributed by atoms with Gasteiger partial charge in [-0.3, -0.25) is 10.1 Å². The number of nitrogens with one attached hydrogen (secondary N) is 1. The van der Waals surface area contributed by atoms with Crippen LogP contribution in [0.3, 0.4) is 0 Å². The van der Waals surface area contributed by atoms with Crippen LogP contribution < -0.4 is 14.8 Å². The molecule has 0 atom stereocenters. The van der Waals surface area contributed by atoms with E-state index in [1.807, 2.05) is 23.6 Å². The molecule has 2 aliphatic heterocycles. The van der Waals surface area contributed by atoms with Crippen LogP contribution in [0.2, 0.25) is 0 Å². The van der Waals surface area contributed by atoms with Gasteiger partial charge >= 0.3 is 0 Å². The Labute approximate surface area is 183 Å². The second kappa shape index (κ2) is 7.95. The van der Waals surface area contributed by atoms with E-state index in [1.54, 1.807) is 12.1 Å². The van der Waals surface area contributed by atoms with Crippen molar-refractivity contribution in [3.05, 3.63) is 53.4 Å². The molecule has 1 fully saturated rings.